The average molecular weight is 859 g/mol. The maximum atomic E-state index is 2.72. The Kier molecular flexibility index (Phi) is 8.44. The van der Waals surface area contributed by atoms with Crippen LogP contribution < -0.4 is 42.6 Å². The molecule has 2 nitrogen and oxygen atoms in total. The van der Waals surface area contributed by atoms with E-state index in [-0.39, 0.29) is 13.4 Å². The van der Waals surface area contributed by atoms with Crippen LogP contribution in [0.5, 0.6) is 0 Å². The molecule has 0 fully saturated rings. The highest BCUT2D eigenvalue weighted by atomic mass is 32.2. The van der Waals surface area contributed by atoms with Crippen LogP contribution in [-0.4, -0.2) is 13.4 Å². The Hall–Kier alpha value is -5.94. The molecule has 4 aliphatic rings. The van der Waals surface area contributed by atoms with Crippen LogP contribution >= 0.6 is 23.1 Å². The molecule has 1 aromatic heterocycles. The maximum absolute atomic E-state index is 2.72. The number of thiophene rings is 1. The summed E-state index contributed by atoms with van der Waals surface area (Å²) in [4.78, 5) is 8.14. The quantitative estimate of drug-likeness (QED) is 0.159. The lowest BCUT2D eigenvalue weighted by Crippen LogP contribution is -2.68. The summed E-state index contributed by atoms with van der Waals surface area (Å²) in [6.07, 6.45) is 0. The summed E-state index contributed by atoms with van der Waals surface area (Å²) < 4.78 is 2.67. The second-order valence-electron chi connectivity index (χ2n) is 19.4. The first-order valence-corrected chi connectivity index (χ1v) is 24.8. The first kappa shape index (κ1) is 38.5. The van der Waals surface area contributed by atoms with Gasteiger partial charge in [0.05, 0.1) is 5.69 Å². The third-order valence-corrected chi connectivity index (χ3v) is 17.1. The van der Waals surface area contributed by atoms with Crippen LogP contribution in [0, 0.1) is 6.92 Å². The van der Waals surface area contributed by atoms with Crippen LogP contribution in [0.15, 0.2) is 155 Å². The number of aryl methyl sites for hydroxylation is 1. The van der Waals surface area contributed by atoms with E-state index in [0.29, 0.717) is 17.8 Å². The van der Waals surface area contributed by atoms with Crippen LogP contribution in [0.1, 0.15) is 81.5 Å². The van der Waals surface area contributed by atoms with E-state index in [0.717, 1.165) is 0 Å². The molecule has 0 radical (unpaired) electrons. The minimum Gasteiger partial charge on any atom is -0.312 e. The molecular weight excluding hydrogens is 810 g/mol. The first-order chi connectivity index (χ1) is 31.2. The largest absolute Gasteiger partial charge is 0.312 e. The summed E-state index contributed by atoms with van der Waals surface area (Å²) in [6.45, 7) is 16.4. The van der Waals surface area contributed by atoms with Gasteiger partial charge in [-0.2, -0.15) is 0 Å². The molecule has 308 valence electrons. The minimum atomic E-state index is 0.0192. The first-order valence-electron chi connectivity index (χ1n) is 23.2. The van der Waals surface area contributed by atoms with E-state index in [9.17, 15) is 0 Å². The van der Waals surface area contributed by atoms with Crippen molar-refractivity contribution in [3.8, 4) is 11.1 Å². The van der Waals surface area contributed by atoms with E-state index < -0.39 is 0 Å². The smallest absolute Gasteiger partial charge is 0.252 e. The fourth-order valence-electron chi connectivity index (χ4n) is 11.6. The van der Waals surface area contributed by atoms with Crippen molar-refractivity contribution in [2.24, 2.45) is 0 Å². The summed E-state index contributed by atoms with van der Waals surface area (Å²) >= 11 is 3.92. The number of fused-ring (bicyclic) bond motifs is 13. The molecule has 4 aliphatic heterocycles. The topological polar surface area (TPSA) is 6.48 Å². The predicted octanol–water partition coefficient (Wildman–Crippen LogP) is 12.8. The highest BCUT2D eigenvalue weighted by Crippen LogP contribution is 2.55. The lowest BCUT2D eigenvalue weighted by atomic mass is 9.29. The van der Waals surface area contributed by atoms with E-state index in [2.05, 4.69) is 204 Å². The third kappa shape index (κ3) is 5.24. The van der Waals surface area contributed by atoms with Crippen LogP contribution in [0.3, 0.4) is 0 Å². The van der Waals surface area contributed by atoms with E-state index in [1.807, 2.05) is 23.1 Å². The van der Waals surface area contributed by atoms with Crippen molar-refractivity contribution in [2.45, 2.75) is 76.0 Å². The zero-order chi connectivity index (χ0) is 43.3. The molecule has 0 atom stereocenters. The molecule has 0 saturated heterocycles. The van der Waals surface area contributed by atoms with Crippen molar-refractivity contribution in [3.63, 3.8) is 0 Å². The van der Waals surface area contributed by atoms with Crippen LogP contribution in [-0.2, 0) is 0 Å². The average Bonchev–Trinajstić information content (AvgIpc) is 3.70. The molecule has 13 rings (SSSR count). The number of para-hydroxylation sites is 1. The molecule has 0 unspecified atom stereocenters. The summed E-state index contributed by atoms with van der Waals surface area (Å²) in [5.74, 6) is 1.19. The van der Waals surface area contributed by atoms with Gasteiger partial charge in [-0.25, -0.2) is 0 Å². The Bertz CT molecular complexity index is 3470. The molecule has 0 saturated carbocycles. The van der Waals surface area contributed by atoms with Gasteiger partial charge in [-0.15, -0.1) is 11.3 Å². The summed E-state index contributed by atoms with van der Waals surface area (Å²) in [5.41, 5.74) is 24.4. The van der Waals surface area contributed by atoms with Crippen molar-refractivity contribution in [3.05, 3.63) is 168 Å². The molecule has 0 amide bonds. The lowest BCUT2D eigenvalue weighted by molar-refractivity contribution is 0.867. The van der Waals surface area contributed by atoms with E-state index in [1.165, 1.54) is 130 Å². The normalized spacial score (nSPS) is 14.1. The van der Waals surface area contributed by atoms with Crippen molar-refractivity contribution in [1.29, 1.82) is 0 Å². The third-order valence-electron chi connectivity index (χ3n) is 14.8. The van der Waals surface area contributed by atoms with Gasteiger partial charge in [-0.3, -0.25) is 0 Å². The molecular formula is C58H48B2N2S2. The molecule has 0 N–H and O–H groups in total. The van der Waals surface area contributed by atoms with Crippen molar-refractivity contribution in [1.82, 2.24) is 0 Å². The van der Waals surface area contributed by atoms with Gasteiger partial charge in [0.15, 0.2) is 0 Å². The van der Waals surface area contributed by atoms with E-state index in [1.54, 1.807) is 0 Å². The standard InChI is InChI=1S/C58H48B2N2S2/c1-32(2)36-24-27-47-42(29-36)59-41-18-10-13-21-50(41)64-58-53(40-17-14-22-51-52(40)39-16-9-12-20-49(39)63-51)56-54-57(55(58)59)62(47)48-28-25-38(34(5)6)31-44(48)60(54)43-30-37(33(3)4)23-26-46(43)61(56)45-19-11-8-15-35(45)7/h8-34H,1-7H3. The molecule has 0 spiro atoms. The van der Waals surface area contributed by atoms with Crippen LogP contribution in [0.25, 0.3) is 31.3 Å². The van der Waals surface area contributed by atoms with Crippen LogP contribution in [0.2, 0.25) is 0 Å². The van der Waals surface area contributed by atoms with E-state index >= 15 is 0 Å². The van der Waals surface area contributed by atoms with Crippen LogP contribution in [0.4, 0.5) is 34.1 Å². The molecule has 5 heterocycles. The number of hydrogen-bond donors (Lipinski definition) is 0. The zero-order valence-corrected chi connectivity index (χ0v) is 39.1. The number of rotatable bonds is 5. The molecule has 6 heteroatoms. The second-order valence-corrected chi connectivity index (χ2v) is 21.5. The number of hydrogen-bond acceptors (Lipinski definition) is 4. The number of nitrogens with zero attached hydrogens (tertiary/aromatic N) is 2. The Morgan fingerprint density at radius 1 is 0.469 bits per heavy atom. The van der Waals surface area contributed by atoms with Crippen molar-refractivity contribution in [2.75, 3.05) is 9.80 Å². The fraction of sp³-hybridized carbons (Fsp3) is 0.172. The highest BCUT2D eigenvalue weighted by Gasteiger charge is 2.52. The Balaban J connectivity index is 1.29. The maximum Gasteiger partial charge on any atom is 0.252 e. The van der Waals surface area contributed by atoms with Gasteiger partial charge in [-0.1, -0.05) is 162 Å². The summed E-state index contributed by atoms with van der Waals surface area (Å²) in [5, 5.41) is 2.69. The number of benzene rings is 8. The van der Waals surface area contributed by atoms with Crippen molar-refractivity contribution < 1.29 is 0 Å². The fourth-order valence-corrected chi connectivity index (χ4v) is 14.1. The zero-order valence-electron chi connectivity index (χ0n) is 37.5. The molecule has 8 aromatic carbocycles. The van der Waals surface area contributed by atoms with Gasteiger partial charge in [-0.05, 0) is 122 Å². The molecule has 9 aromatic rings. The van der Waals surface area contributed by atoms with Gasteiger partial charge < -0.3 is 9.80 Å². The highest BCUT2D eigenvalue weighted by molar-refractivity contribution is 8.00. The Labute approximate surface area is 386 Å². The lowest BCUT2D eigenvalue weighted by Gasteiger charge is -2.51. The molecule has 64 heavy (non-hydrogen) atoms. The summed E-state index contributed by atoms with van der Waals surface area (Å²) in [6, 6.07) is 56.9. The van der Waals surface area contributed by atoms with Gasteiger partial charge in [0.25, 0.3) is 6.71 Å². The number of anilines is 6. The van der Waals surface area contributed by atoms with Gasteiger partial charge >= 0.3 is 0 Å². The molecule has 0 aliphatic carbocycles. The Morgan fingerprint density at radius 2 is 1.02 bits per heavy atom. The van der Waals surface area contributed by atoms with Crippen molar-refractivity contribution >= 4 is 124 Å². The van der Waals surface area contributed by atoms with Gasteiger partial charge in [0.2, 0.25) is 6.71 Å². The Morgan fingerprint density at radius 3 is 1.66 bits per heavy atom. The second kappa shape index (κ2) is 14.0. The monoisotopic (exact) mass is 858 g/mol. The molecule has 0 bridgehead atoms. The predicted molar refractivity (Wildman–Crippen MR) is 281 cm³/mol. The van der Waals surface area contributed by atoms with E-state index in [4.69, 9.17) is 0 Å². The minimum absolute atomic E-state index is 0.0192. The van der Waals surface area contributed by atoms with Gasteiger partial charge in [0.1, 0.15) is 0 Å². The summed E-state index contributed by atoms with van der Waals surface area (Å²) in [7, 11) is 0. The SMILES string of the molecule is Cc1ccccc1N1c2ccc(C(C)C)cc2B2c3cc(C(C)C)ccc3N3c4ccc(C(C)C)cc4B4c5ccccc5Sc5c4c3c2c1c5-c1cccc2sc3ccccc3c12. The van der Waals surface area contributed by atoms with Gasteiger partial charge in [0, 0.05) is 64.0 Å².